The number of benzene rings is 2. The summed E-state index contributed by atoms with van der Waals surface area (Å²) in [6, 6.07) is 9.40. The minimum Gasteiger partial charge on any atom is -0.507 e. The van der Waals surface area contributed by atoms with Crippen LogP contribution >= 0.6 is 11.6 Å². The Kier molecular flexibility index (Phi) is 6.98. The molecule has 176 valence electrons. The van der Waals surface area contributed by atoms with Crippen LogP contribution in [0.15, 0.2) is 66.8 Å². The second-order valence-corrected chi connectivity index (χ2v) is 8.15. The maximum absolute atomic E-state index is 14.9. The molecule has 2 heterocycles. The number of nitrogens with zero attached hydrogens (tertiary/aromatic N) is 3. The first-order valence-corrected chi connectivity index (χ1v) is 11.2. The van der Waals surface area contributed by atoms with Crippen molar-refractivity contribution < 1.29 is 23.8 Å². The van der Waals surface area contributed by atoms with E-state index in [9.17, 15) is 19.1 Å². The van der Waals surface area contributed by atoms with E-state index >= 15 is 0 Å². The second kappa shape index (κ2) is 10.1. The number of halogens is 2. The summed E-state index contributed by atoms with van der Waals surface area (Å²) >= 11 is 6.26. The molecular weight excluding hydrogens is 461 g/mol. The number of rotatable bonds is 8. The topological polar surface area (TPSA) is 84.7 Å². The number of ether oxygens (including phenoxy) is 1. The first-order chi connectivity index (χ1) is 16.4. The lowest BCUT2D eigenvalue weighted by molar-refractivity contribution is -0.140. The summed E-state index contributed by atoms with van der Waals surface area (Å²) in [5.41, 5.74) is 0.173. The van der Waals surface area contributed by atoms with Gasteiger partial charge in [-0.2, -0.15) is 0 Å². The minimum absolute atomic E-state index is 0.128. The van der Waals surface area contributed by atoms with Crippen LogP contribution in [0.1, 0.15) is 30.5 Å². The highest BCUT2D eigenvalue weighted by atomic mass is 35.5. The standard InChI is InChI=1S/C25H23ClFN3O4/c1-2-34-20-9-8-16(14-18(20)26)23(31)21-22(17-6-3-4-7-19(17)27)30(25(33)24(21)32)12-5-11-29-13-10-28-15-29/h3-4,6-10,13-15,22,31H,2,5,11-12H2,1H3. The largest absolute Gasteiger partial charge is 0.507 e. The molecule has 1 aliphatic rings. The number of hydrogen-bond donors (Lipinski definition) is 1. The zero-order valence-electron chi connectivity index (χ0n) is 18.4. The van der Waals surface area contributed by atoms with E-state index in [-0.39, 0.29) is 28.3 Å². The molecule has 0 radical (unpaired) electrons. The van der Waals surface area contributed by atoms with Crippen molar-refractivity contribution in [2.45, 2.75) is 25.9 Å². The molecule has 7 nitrogen and oxygen atoms in total. The summed E-state index contributed by atoms with van der Waals surface area (Å²) in [7, 11) is 0. The van der Waals surface area contributed by atoms with Crippen LogP contribution < -0.4 is 4.74 Å². The van der Waals surface area contributed by atoms with Crippen LogP contribution in [0.4, 0.5) is 4.39 Å². The van der Waals surface area contributed by atoms with Crippen LogP contribution in [0.2, 0.25) is 5.02 Å². The van der Waals surface area contributed by atoms with Gasteiger partial charge in [0.1, 0.15) is 17.3 Å². The van der Waals surface area contributed by atoms with Gasteiger partial charge in [0.25, 0.3) is 11.7 Å². The quantitative estimate of drug-likeness (QED) is 0.288. The van der Waals surface area contributed by atoms with Crippen molar-refractivity contribution in [3.63, 3.8) is 0 Å². The number of imidazole rings is 1. The summed E-state index contributed by atoms with van der Waals surface area (Å²) in [5.74, 6) is -2.25. The minimum atomic E-state index is -1.07. The summed E-state index contributed by atoms with van der Waals surface area (Å²) in [5, 5.41) is 11.4. The summed E-state index contributed by atoms with van der Waals surface area (Å²) in [6.07, 6.45) is 5.59. The van der Waals surface area contributed by atoms with E-state index in [2.05, 4.69) is 4.98 Å². The Morgan fingerprint density at radius 1 is 1.21 bits per heavy atom. The van der Waals surface area contributed by atoms with Crippen LogP contribution in [0, 0.1) is 5.82 Å². The van der Waals surface area contributed by atoms with Crippen LogP contribution in [0.5, 0.6) is 5.75 Å². The van der Waals surface area contributed by atoms with E-state index in [1.165, 1.54) is 35.2 Å². The molecule has 1 fully saturated rings. The monoisotopic (exact) mass is 483 g/mol. The van der Waals surface area contributed by atoms with Gasteiger partial charge in [-0.15, -0.1) is 0 Å². The predicted octanol–water partition coefficient (Wildman–Crippen LogP) is 4.59. The fourth-order valence-corrected chi connectivity index (χ4v) is 4.28. The van der Waals surface area contributed by atoms with E-state index in [0.29, 0.717) is 25.3 Å². The lowest BCUT2D eigenvalue weighted by Crippen LogP contribution is -2.31. The third-order valence-electron chi connectivity index (χ3n) is 5.62. The predicted molar refractivity (Wildman–Crippen MR) is 125 cm³/mol. The molecular formula is C25H23ClFN3O4. The zero-order chi connectivity index (χ0) is 24.2. The number of hydrogen-bond acceptors (Lipinski definition) is 5. The molecule has 4 rings (SSSR count). The van der Waals surface area contributed by atoms with Crippen LogP contribution in [0.25, 0.3) is 5.76 Å². The number of aliphatic hydroxyl groups excluding tert-OH is 1. The number of carbonyl (C=O) groups is 2. The van der Waals surface area contributed by atoms with Crippen molar-refractivity contribution in [1.29, 1.82) is 0 Å². The highest BCUT2D eigenvalue weighted by Gasteiger charge is 2.46. The van der Waals surface area contributed by atoms with Gasteiger partial charge < -0.3 is 19.3 Å². The molecule has 1 N–H and O–H groups in total. The molecule has 0 aliphatic carbocycles. The van der Waals surface area contributed by atoms with Crippen molar-refractivity contribution in [3.05, 3.63) is 88.7 Å². The molecule has 3 aromatic rings. The van der Waals surface area contributed by atoms with Gasteiger partial charge in [-0.3, -0.25) is 9.59 Å². The SMILES string of the molecule is CCOc1ccc(C(O)=C2C(=O)C(=O)N(CCCn3ccnc3)C2c2ccccc2F)cc1Cl. The molecule has 2 aromatic carbocycles. The zero-order valence-corrected chi connectivity index (χ0v) is 19.2. The van der Waals surface area contributed by atoms with Gasteiger partial charge in [0, 0.05) is 36.6 Å². The molecule has 34 heavy (non-hydrogen) atoms. The van der Waals surface area contributed by atoms with Gasteiger partial charge in [-0.1, -0.05) is 29.8 Å². The molecule has 0 saturated carbocycles. The highest BCUT2D eigenvalue weighted by Crippen LogP contribution is 2.41. The van der Waals surface area contributed by atoms with Crippen molar-refractivity contribution in [1.82, 2.24) is 14.5 Å². The molecule has 1 atom stereocenters. The van der Waals surface area contributed by atoms with Crippen molar-refractivity contribution in [2.75, 3.05) is 13.2 Å². The average molecular weight is 484 g/mol. The molecule has 0 spiro atoms. The van der Waals surface area contributed by atoms with Gasteiger partial charge in [0.15, 0.2) is 0 Å². The Morgan fingerprint density at radius 2 is 2.00 bits per heavy atom. The van der Waals surface area contributed by atoms with Gasteiger partial charge in [0.05, 0.1) is 29.6 Å². The molecule has 1 aliphatic heterocycles. The average Bonchev–Trinajstić information content (AvgIpc) is 3.43. The normalized spacial score (nSPS) is 17.4. The van der Waals surface area contributed by atoms with Gasteiger partial charge in [0.2, 0.25) is 0 Å². The first kappa shape index (κ1) is 23.5. The molecule has 0 bridgehead atoms. The molecule has 1 unspecified atom stereocenters. The van der Waals surface area contributed by atoms with Crippen molar-refractivity contribution in [3.8, 4) is 5.75 Å². The number of aromatic nitrogens is 2. The number of carbonyl (C=O) groups excluding carboxylic acids is 2. The van der Waals surface area contributed by atoms with Gasteiger partial charge in [-0.05, 0) is 37.6 Å². The third-order valence-corrected chi connectivity index (χ3v) is 5.91. The Hall–Kier alpha value is -3.65. The van der Waals surface area contributed by atoms with E-state index < -0.39 is 29.3 Å². The smallest absolute Gasteiger partial charge is 0.295 e. The van der Waals surface area contributed by atoms with Crippen LogP contribution in [-0.2, 0) is 16.1 Å². The fraction of sp³-hybridized carbons (Fsp3) is 0.240. The van der Waals surface area contributed by atoms with E-state index in [0.717, 1.165) is 0 Å². The fourth-order valence-electron chi connectivity index (χ4n) is 4.05. The maximum Gasteiger partial charge on any atom is 0.295 e. The lowest BCUT2D eigenvalue weighted by atomic mass is 9.95. The van der Waals surface area contributed by atoms with Crippen molar-refractivity contribution >= 4 is 29.1 Å². The Labute approximate surface area is 201 Å². The molecule has 9 heteroatoms. The third kappa shape index (κ3) is 4.54. The van der Waals surface area contributed by atoms with Gasteiger partial charge >= 0.3 is 0 Å². The lowest BCUT2D eigenvalue weighted by Gasteiger charge is -2.25. The number of Topliss-reactive ketones (excluding diaryl/α,β-unsaturated/α-hetero) is 1. The molecule has 1 saturated heterocycles. The number of aliphatic hydroxyl groups is 1. The number of aryl methyl sites for hydroxylation is 1. The Bertz CT molecular complexity index is 1240. The maximum atomic E-state index is 14.9. The van der Waals surface area contributed by atoms with E-state index in [4.69, 9.17) is 16.3 Å². The summed E-state index contributed by atoms with van der Waals surface area (Å²) in [4.78, 5) is 31.3. The van der Waals surface area contributed by atoms with Gasteiger partial charge in [-0.25, -0.2) is 9.37 Å². The molecule has 1 aromatic heterocycles. The van der Waals surface area contributed by atoms with Crippen LogP contribution in [0.3, 0.4) is 0 Å². The molecule has 1 amide bonds. The van der Waals surface area contributed by atoms with Crippen LogP contribution in [-0.4, -0.2) is 44.4 Å². The second-order valence-electron chi connectivity index (χ2n) is 7.75. The van der Waals surface area contributed by atoms with Crippen molar-refractivity contribution in [2.24, 2.45) is 0 Å². The first-order valence-electron chi connectivity index (χ1n) is 10.8. The number of ketones is 1. The Morgan fingerprint density at radius 3 is 2.68 bits per heavy atom. The Balaban J connectivity index is 1.75. The highest BCUT2D eigenvalue weighted by molar-refractivity contribution is 6.46. The number of amides is 1. The number of likely N-dealkylation sites (tertiary alicyclic amines) is 1. The van der Waals surface area contributed by atoms with E-state index in [1.807, 2.05) is 11.5 Å². The summed E-state index contributed by atoms with van der Waals surface area (Å²) in [6.45, 7) is 2.96. The van der Waals surface area contributed by atoms with E-state index in [1.54, 1.807) is 30.9 Å². The summed E-state index contributed by atoms with van der Waals surface area (Å²) < 4.78 is 22.1.